The van der Waals surface area contributed by atoms with Crippen LogP contribution >= 0.6 is 0 Å². The first kappa shape index (κ1) is 9.04. The molecule has 74 valence electrons. The van der Waals surface area contributed by atoms with E-state index in [9.17, 15) is 0 Å². The fourth-order valence-corrected chi connectivity index (χ4v) is 2.07. The van der Waals surface area contributed by atoms with E-state index in [0.29, 0.717) is 5.54 Å². The molecule has 13 heavy (non-hydrogen) atoms. The average Bonchev–Trinajstić information content (AvgIpc) is 2.87. The monoisotopic (exact) mass is 180 g/mol. The van der Waals surface area contributed by atoms with Crippen molar-refractivity contribution in [3.05, 3.63) is 0 Å². The lowest BCUT2D eigenvalue weighted by molar-refractivity contribution is 0.430. The van der Waals surface area contributed by atoms with E-state index in [2.05, 4.69) is 24.2 Å². The van der Waals surface area contributed by atoms with Crippen LogP contribution in [0.5, 0.6) is 0 Å². The van der Waals surface area contributed by atoms with Gasteiger partial charge in [0.25, 0.3) is 0 Å². The lowest BCUT2D eigenvalue weighted by Crippen LogP contribution is -2.41. The Morgan fingerprint density at radius 3 is 2.54 bits per heavy atom. The van der Waals surface area contributed by atoms with Gasteiger partial charge in [0.1, 0.15) is 0 Å². The van der Waals surface area contributed by atoms with Crippen LogP contribution in [0.4, 0.5) is 0 Å². The van der Waals surface area contributed by atoms with Crippen LogP contribution in [0.1, 0.15) is 46.0 Å². The minimum absolute atomic E-state index is 0.427. The maximum absolute atomic E-state index is 4.54. The molecule has 1 aliphatic heterocycles. The van der Waals surface area contributed by atoms with Crippen molar-refractivity contribution < 1.29 is 0 Å². The first-order valence-electron chi connectivity index (χ1n) is 5.54. The summed E-state index contributed by atoms with van der Waals surface area (Å²) in [5.41, 5.74) is 0.427. The van der Waals surface area contributed by atoms with Crippen LogP contribution in [-0.4, -0.2) is 17.9 Å². The fourth-order valence-electron chi connectivity index (χ4n) is 2.07. The van der Waals surface area contributed by atoms with Gasteiger partial charge in [0.15, 0.2) is 0 Å². The molecule has 0 aromatic rings. The predicted molar refractivity (Wildman–Crippen MR) is 56.1 cm³/mol. The van der Waals surface area contributed by atoms with Crippen LogP contribution < -0.4 is 5.32 Å². The Morgan fingerprint density at radius 1 is 1.31 bits per heavy atom. The van der Waals surface area contributed by atoms with Gasteiger partial charge in [-0.05, 0) is 31.6 Å². The number of rotatable bonds is 2. The topological polar surface area (TPSA) is 24.4 Å². The largest absolute Gasteiger partial charge is 0.368 e. The molecule has 0 spiro atoms. The maximum Gasteiger partial charge on any atom is 0.0967 e. The number of aliphatic imine (C=N–C) groups is 1. The van der Waals surface area contributed by atoms with Crippen molar-refractivity contribution in [3.63, 3.8) is 0 Å². The Kier molecular flexibility index (Phi) is 2.31. The molecule has 0 aromatic carbocycles. The average molecular weight is 180 g/mol. The van der Waals surface area contributed by atoms with Gasteiger partial charge in [-0.1, -0.05) is 13.8 Å². The summed E-state index contributed by atoms with van der Waals surface area (Å²) in [6.45, 7) is 5.66. The Hall–Kier alpha value is -0.530. The summed E-state index contributed by atoms with van der Waals surface area (Å²) in [7, 11) is 0. The molecule has 1 N–H and O–H groups in total. The van der Waals surface area contributed by atoms with E-state index in [1.54, 1.807) is 0 Å². The Morgan fingerprint density at radius 2 is 2.08 bits per heavy atom. The third kappa shape index (κ3) is 1.87. The van der Waals surface area contributed by atoms with Crippen molar-refractivity contribution in [1.82, 2.24) is 5.32 Å². The lowest BCUT2D eigenvalue weighted by atomic mass is 10.0. The molecule has 1 saturated carbocycles. The van der Waals surface area contributed by atoms with E-state index in [4.69, 9.17) is 0 Å². The van der Waals surface area contributed by atoms with Gasteiger partial charge in [-0.25, -0.2) is 0 Å². The highest BCUT2D eigenvalue weighted by Gasteiger charge is 2.45. The summed E-state index contributed by atoms with van der Waals surface area (Å²) in [4.78, 5) is 4.54. The number of hydrogen-bond donors (Lipinski definition) is 1. The van der Waals surface area contributed by atoms with E-state index < -0.39 is 0 Å². The van der Waals surface area contributed by atoms with E-state index in [-0.39, 0.29) is 0 Å². The third-order valence-electron chi connectivity index (χ3n) is 3.41. The summed E-state index contributed by atoms with van der Waals surface area (Å²) in [6, 6.07) is 0. The molecule has 2 aliphatic rings. The van der Waals surface area contributed by atoms with Crippen LogP contribution in [-0.2, 0) is 0 Å². The lowest BCUT2D eigenvalue weighted by Gasteiger charge is -2.25. The molecule has 0 atom stereocenters. The summed E-state index contributed by atoms with van der Waals surface area (Å²) < 4.78 is 0. The van der Waals surface area contributed by atoms with Crippen LogP contribution in [0, 0.1) is 5.92 Å². The van der Waals surface area contributed by atoms with E-state index >= 15 is 0 Å². The van der Waals surface area contributed by atoms with Crippen molar-refractivity contribution in [2.45, 2.75) is 51.5 Å². The third-order valence-corrected chi connectivity index (χ3v) is 3.41. The molecule has 0 amide bonds. The second-order valence-electron chi connectivity index (χ2n) is 4.72. The molecular formula is C11H20N2. The summed E-state index contributed by atoms with van der Waals surface area (Å²) >= 11 is 0. The fraction of sp³-hybridized carbons (Fsp3) is 0.909. The summed E-state index contributed by atoms with van der Waals surface area (Å²) in [5, 5.41) is 3.66. The zero-order chi connectivity index (χ0) is 9.31. The Balaban J connectivity index is 1.93. The van der Waals surface area contributed by atoms with Gasteiger partial charge >= 0.3 is 0 Å². The van der Waals surface area contributed by atoms with Crippen molar-refractivity contribution in [1.29, 1.82) is 0 Å². The van der Waals surface area contributed by atoms with Gasteiger partial charge in [0.2, 0.25) is 0 Å². The van der Waals surface area contributed by atoms with Crippen LogP contribution in [0.15, 0.2) is 4.99 Å². The quantitative estimate of drug-likeness (QED) is 0.693. The number of nitrogens with one attached hydrogen (secondary N) is 1. The molecule has 0 saturated heterocycles. The van der Waals surface area contributed by atoms with Gasteiger partial charge < -0.3 is 5.32 Å². The summed E-state index contributed by atoms with van der Waals surface area (Å²) in [6.07, 6.45) is 6.45. The van der Waals surface area contributed by atoms with Crippen LogP contribution in [0.25, 0.3) is 0 Å². The second-order valence-corrected chi connectivity index (χ2v) is 4.72. The van der Waals surface area contributed by atoms with Gasteiger partial charge in [0.05, 0.1) is 5.84 Å². The minimum Gasteiger partial charge on any atom is -0.368 e. The molecule has 0 unspecified atom stereocenters. The highest BCUT2D eigenvalue weighted by atomic mass is 15.1. The predicted octanol–water partition coefficient (Wildman–Crippen LogP) is 2.35. The molecule has 2 heteroatoms. The number of nitrogens with zero attached hydrogens (tertiary/aromatic N) is 1. The normalized spacial score (nSPS) is 25.6. The molecule has 0 bridgehead atoms. The first-order valence-corrected chi connectivity index (χ1v) is 5.54. The van der Waals surface area contributed by atoms with E-state index in [0.717, 1.165) is 12.5 Å². The molecule has 1 aliphatic carbocycles. The Bertz CT molecular complexity index is 214. The van der Waals surface area contributed by atoms with Gasteiger partial charge in [-0.2, -0.15) is 0 Å². The number of hydrogen-bond acceptors (Lipinski definition) is 2. The van der Waals surface area contributed by atoms with Crippen LogP contribution in [0.2, 0.25) is 0 Å². The molecule has 2 rings (SSSR count). The second kappa shape index (κ2) is 3.32. The van der Waals surface area contributed by atoms with E-state index in [1.165, 1.54) is 37.9 Å². The van der Waals surface area contributed by atoms with Crippen molar-refractivity contribution >= 4 is 5.84 Å². The maximum atomic E-state index is 4.54. The minimum atomic E-state index is 0.427. The van der Waals surface area contributed by atoms with Gasteiger partial charge in [0, 0.05) is 18.5 Å². The Labute approximate surface area is 80.8 Å². The molecule has 1 fully saturated rings. The molecule has 1 heterocycles. The van der Waals surface area contributed by atoms with Gasteiger partial charge in [-0.15, -0.1) is 0 Å². The summed E-state index contributed by atoms with van der Waals surface area (Å²) in [5.74, 6) is 2.02. The van der Waals surface area contributed by atoms with E-state index in [1.807, 2.05) is 0 Å². The van der Waals surface area contributed by atoms with Crippen LogP contribution in [0.3, 0.4) is 0 Å². The standard InChI is InChI=1S/C11H20N2/c1-9(2)11(6-7-11)13-10-5-3-4-8-12-10/h9H,3-8H2,1-2H3,(H,12,13). The SMILES string of the molecule is CC(C)C1(NC2=NCCCC2)CC1. The zero-order valence-corrected chi connectivity index (χ0v) is 8.77. The van der Waals surface area contributed by atoms with Crippen molar-refractivity contribution in [2.75, 3.05) is 6.54 Å². The highest BCUT2D eigenvalue weighted by molar-refractivity contribution is 5.83. The first-order chi connectivity index (χ1) is 6.23. The van der Waals surface area contributed by atoms with Crippen molar-refractivity contribution in [3.8, 4) is 0 Å². The molecular weight excluding hydrogens is 160 g/mol. The smallest absolute Gasteiger partial charge is 0.0967 e. The van der Waals surface area contributed by atoms with Crippen molar-refractivity contribution in [2.24, 2.45) is 10.9 Å². The zero-order valence-electron chi connectivity index (χ0n) is 8.77. The van der Waals surface area contributed by atoms with Gasteiger partial charge in [-0.3, -0.25) is 4.99 Å². The molecule has 2 nitrogen and oxygen atoms in total. The highest BCUT2D eigenvalue weighted by Crippen LogP contribution is 2.42. The molecule has 0 aromatic heterocycles. The number of amidine groups is 1. The molecule has 0 radical (unpaired) electrons.